The monoisotopic (exact) mass is 266 g/mol. The van der Waals surface area contributed by atoms with Crippen LogP contribution >= 0.6 is 0 Å². The normalized spacial score (nSPS) is 20.0. The van der Waals surface area contributed by atoms with Crippen molar-refractivity contribution >= 4 is 17.3 Å². The molecule has 2 unspecified atom stereocenters. The molecule has 2 atom stereocenters. The highest BCUT2D eigenvalue weighted by atomic mass is 16.6. The number of pyridine rings is 1. The first kappa shape index (κ1) is 13.5. The first-order chi connectivity index (χ1) is 9.10. The number of hydrogen-bond donors (Lipinski definition) is 2. The summed E-state index contributed by atoms with van der Waals surface area (Å²) in [5.74, 6) is 0.956. The lowest BCUT2D eigenvalue weighted by Crippen LogP contribution is -2.30. The number of anilines is 2. The summed E-state index contributed by atoms with van der Waals surface area (Å²) in [7, 11) is 1.68. The Balaban J connectivity index is 2.14. The van der Waals surface area contributed by atoms with Crippen molar-refractivity contribution in [1.29, 1.82) is 0 Å². The average Bonchev–Trinajstić information content (AvgIpc) is 2.92. The molecule has 7 nitrogen and oxygen atoms in total. The van der Waals surface area contributed by atoms with Crippen molar-refractivity contribution in [3.05, 3.63) is 22.2 Å². The molecule has 1 aliphatic heterocycles. The molecular formula is C12H18N4O3. The minimum Gasteiger partial charge on any atom is -0.376 e. The van der Waals surface area contributed by atoms with E-state index >= 15 is 0 Å². The van der Waals surface area contributed by atoms with Crippen molar-refractivity contribution in [3.63, 3.8) is 0 Å². The molecule has 0 radical (unpaired) electrons. The van der Waals surface area contributed by atoms with Crippen molar-refractivity contribution in [3.8, 4) is 0 Å². The van der Waals surface area contributed by atoms with Gasteiger partial charge in [-0.3, -0.25) is 10.1 Å². The highest BCUT2D eigenvalue weighted by Gasteiger charge is 2.23. The Morgan fingerprint density at radius 3 is 2.84 bits per heavy atom. The Kier molecular flexibility index (Phi) is 4.16. The van der Waals surface area contributed by atoms with Crippen LogP contribution in [0.25, 0.3) is 0 Å². The van der Waals surface area contributed by atoms with Crippen molar-refractivity contribution in [1.82, 2.24) is 4.98 Å². The third-order valence-electron chi connectivity index (χ3n) is 3.18. The summed E-state index contributed by atoms with van der Waals surface area (Å²) in [6.07, 6.45) is 2.20. The van der Waals surface area contributed by atoms with Crippen LogP contribution in [0.5, 0.6) is 0 Å². The third-order valence-corrected chi connectivity index (χ3v) is 3.18. The summed E-state index contributed by atoms with van der Waals surface area (Å²) in [6, 6.07) is 2.91. The number of rotatable bonds is 5. The fraction of sp³-hybridized carbons (Fsp3) is 0.583. The maximum atomic E-state index is 10.9. The number of nitro groups is 1. The number of ether oxygens (including phenoxy) is 1. The molecular weight excluding hydrogens is 248 g/mol. The van der Waals surface area contributed by atoms with Crippen LogP contribution in [0.15, 0.2) is 12.1 Å². The van der Waals surface area contributed by atoms with Crippen molar-refractivity contribution in [2.75, 3.05) is 24.3 Å². The van der Waals surface area contributed by atoms with Crippen LogP contribution in [0.4, 0.5) is 17.3 Å². The summed E-state index contributed by atoms with van der Waals surface area (Å²) in [4.78, 5) is 14.7. The fourth-order valence-electron chi connectivity index (χ4n) is 2.15. The van der Waals surface area contributed by atoms with Crippen LogP contribution in [0, 0.1) is 10.1 Å². The van der Waals surface area contributed by atoms with E-state index in [2.05, 4.69) is 15.6 Å². The second-order valence-electron chi connectivity index (χ2n) is 4.59. The van der Waals surface area contributed by atoms with Gasteiger partial charge in [-0.2, -0.15) is 0 Å². The van der Waals surface area contributed by atoms with Gasteiger partial charge in [-0.1, -0.05) is 0 Å². The van der Waals surface area contributed by atoms with E-state index in [1.165, 1.54) is 12.1 Å². The maximum Gasteiger partial charge on any atom is 0.276 e. The molecule has 1 saturated heterocycles. The van der Waals surface area contributed by atoms with E-state index in [4.69, 9.17) is 4.74 Å². The predicted octanol–water partition coefficient (Wildman–Crippen LogP) is 2.01. The predicted molar refractivity (Wildman–Crippen MR) is 72.5 cm³/mol. The van der Waals surface area contributed by atoms with E-state index in [0.29, 0.717) is 11.6 Å². The Morgan fingerprint density at radius 1 is 1.53 bits per heavy atom. The molecule has 0 saturated carbocycles. The highest BCUT2D eigenvalue weighted by molar-refractivity contribution is 5.54. The lowest BCUT2D eigenvalue weighted by atomic mass is 10.1. The quantitative estimate of drug-likeness (QED) is 0.626. The first-order valence-corrected chi connectivity index (χ1v) is 6.32. The minimum atomic E-state index is -0.426. The van der Waals surface area contributed by atoms with E-state index in [9.17, 15) is 10.1 Å². The molecule has 1 aliphatic rings. The lowest BCUT2D eigenvalue weighted by molar-refractivity contribution is -0.384. The first-order valence-electron chi connectivity index (χ1n) is 6.32. The second-order valence-corrected chi connectivity index (χ2v) is 4.59. The average molecular weight is 266 g/mol. The molecule has 0 spiro atoms. The van der Waals surface area contributed by atoms with Crippen molar-refractivity contribution < 1.29 is 9.66 Å². The van der Waals surface area contributed by atoms with E-state index < -0.39 is 4.92 Å². The molecule has 2 heterocycles. The molecule has 0 aliphatic carbocycles. The summed E-state index contributed by atoms with van der Waals surface area (Å²) in [5, 5.41) is 16.9. The largest absolute Gasteiger partial charge is 0.376 e. The van der Waals surface area contributed by atoms with Gasteiger partial charge in [0, 0.05) is 13.7 Å². The minimum absolute atomic E-state index is 0.0152. The molecule has 0 bridgehead atoms. The Hall–Kier alpha value is -1.89. The molecule has 2 rings (SSSR count). The van der Waals surface area contributed by atoms with Crippen molar-refractivity contribution in [2.45, 2.75) is 31.9 Å². The third kappa shape index (κ3) is 3.31. The van der Waals surface area contributed by atoms with Crippen LogP contribution in [-0.4, -0.2) is 35.7 Å². The molecule has 1 aromatic heterocycles. The molecule has 1 aromatic rings. The van der Waals surface area contributed by atoms with E-state index in [0.717, 1.165) is 19.4 Å². The van der Waals surface area contributed by atoms with Gasteiger partial charge in [-0.25, -0.2) is 4.98 Å². The zero-order chi connectivity index (χ0) is 13.8. The summed E-state index contributed by atoms with van der Waals surface area (Å²) >= 11 is 0. The van der Waals surface area contributed by atoms with Crippen LogP contribution in [0.1, 0.15) is 19.8 Å². The highest BCUT2D eigenvalue weighted by Crippen LogP contribution is 2.23. The fourth-order valence-corrected chi connectivity index (χ4v) is 2.15. The van der Waals surface area contributed by atoms with Crippen LogP contribution in [0.3, 0.4) is 0 Å². The van der Waals surface area contributed by atoms with Gasteiger partial charge in [0.1, 0.15) is 11.6 Å². The zero-order valence-electron chi connectivity index (χ0n) is 11.0. The number of hydrogen-bond acceptors (Lipinski definition) is 6. The van der Waals surface area contributed by atoms with Crippen LogP contribution in [-0.2, 0) is 4.74 Å². The topological polar surface area (TPSA) is 89.3 Å². The molecule has 7 heteroatoms. The molecule has 0 amide bonds. The van der Waals surface area contributed by atoms with E-state index in [1.807, 2.05) is 6.92 Å². The Labute approximate surface area is 111 Å². The maximum absolute atomic E-state index is 10.9. The number of nitrogens with one attached hydrogen (secondary N) is 2. The van der Waals surface area contributed by atoms with E-state index in [-0.39, 0.29) is 17.8 Å². The van der Waals surface area contributed by atoms with Gasteiger partial charge in [-0.15, -0.1) is 0 Å². The van der Waals surface area contributed by atoms with Gasteiger partial charge < -0.3 is 15.4 Å². The summed E-state index contributed by atoms with van der Waals surface area (Å²) in [5.41, 5.74) is 0.0152. The van der Waals surface area contributed by atoms with Gasteiger partial charge in [0.05, 0.1) is 29.2 Å². The standard InChI is InChI=1S/C12H18N4O3/c1-8(10-4-3-5-19-10)14-12-7-9(16(17)18)6-11(13-2)15-12/h6-8,10H,3-5H2,1-2H3,(H2,13,14,15). The van der Waals surface area contributed by atoms with Gasteiger partial charge in [0.25, 0.3) is 5.69 Å². The Bertz CT molecular complexity index is 460. The van der Waals surface area contributed by atoms with Crippen molar-refractivity contribution in [2.24, 2.45) is 0 Å². The second kappa shape index (κ2) is 5.83. The van der Waals surface area contributed by atoms with Crippen LogP contribution in [0.2, 0.25) is 0 Å². The van der Waals surface area contributed by atoms with Gasteiger partial charge in [-0.05, 0) is 19.8 Å². The van der Waals surface area contributed by atoms with E-state index in [1.54, 1.807) is 7.05 Å². The van der Waals surface area contributed by atoms with Gasteiger partial charge in [0.15, 0.2) is 0 Å². The SMILES string of the molecule is CNc1cc([N+](=O)[O-])cc(NC(C)C2CCCO2)n1. The molecule has 19 heavy (non-hydrogen) atoms. The molecule has 104 valence electrons. The smallest absolute Gasteiger partial charge is 0.276 e. The van der Waals surface area contributed by atoms with Gasteiger partial charge in [0.2, 0.25) is 0 Å². The van der Waals surface area contributed by atoms with Crippen LogP contribution < -0.4 is 10.6 Å². The molecule has 1 fully saturated rings. The summed E-state index contributed by atoms with van der Waals surface area (Å²) < 4.78 is 5.58. The molecule has 0 aromatic carbocycles. The lowest BCUT2D eigenvalue weighted by Gasteiger charge is -2.20. The summed E-state index contributed by atoms with van der Waals surface area (Å²) in [6.45, 7) is 2.77. The number of nitrogens with zero attached hydrogens (tertiary/aromatic N) is 2. The number of aromatic nitrogens is 1. The van der Waals surface area contributed by atoms with Gasteiger partial charge >= 0.3 is 0 Å². The zero-order valence-corrected chi connectivity index (χ0v) is 11.0. The molecule has 2 N–H and O–H groups in total. The Morgan fingerprint density at radius 2 is 2.26 bits per heavy atom.